The summed E-state index contributed by atoms with van der Waals surface area (Å²) in [5.74, 6) is -0.894. The Morgan fingerprint density at radius 2 is 1.79 bits per heavy atom. The van der Waals surface area contributed by atoms with E-state index in [1.165, 1.54) is 0 Å². The van der Waals surface area contributed by atoms with Crippen molar-refractivity contribution in [2.75, 3.05) is 12.9 Å². The lowest BCUT2D eigenvalue weighted by Crippen LogP contribution is -2.35. The van der Waals surface area contributed by atoms with Crippen LogP contribution in [-0.4, -0.2) is 36.6 Å². The van der Waals surface area contributed by atoms with Gasteiger partial charge in [-0.3, -0.25) is 14.4 Å². The van der Waals surface area contributed by atoms with Crippen molar-refractivity contribution in [2.24, 2.45) is 0 Å². The summed E-state index contributed by atoms with van der Waals surface area (Å²) in [4.78, 5) is 36.4. The van der Waals surface area contributed by atoms with Crippen LogP contribution in [0.4, 0.5) is 0 Å². The van der Waals surface area contributed by atoms with Gasteiger partial charge in [0.2, 0.25) is 0 Å². The third kappa shape index (κ3) is 6.00. The molecule has 0 aromatic heterocycles. The summed E-state index contributed by atoms with van der Waals surface area (Å²) in [7, 11) is 0. The van der Waals surface area contributed by atoms with E-state index >= 15 is 0 Å². The monoisotopic (exact) mass is 349 g/mol. The number of ether oxygens (including phenoxy) is 1. The molecule has 1 aromatic carbocycles. The maximum atomic E-state index is 12.0. The van der Waals surface area contributed by atoms with Crippen molar-refractivity contribution >= 4 is 29.4 Å². The van der Waals surface area contributed by atoms with Gasteiger partial charge in [-0.15, -0.1) is 11.8 Å². The summed E-state index contributed by atoms with van der Waals surface area (Å²) in [5.41, 5.74) is 0.583. The van der Waals surface area contributed by atoms with Gasteiger partial charge in [-0.05, 0) is 31.2 Å². The number of carbonyl (C=O) groups is 3. The van der Waals surface area contributed by atoms with Crippen LogP contribution in [0.3, 0.4) is 0 Å². The van der Waals surface area contributed by atoms with Crippen LogP contribution in [-0.2, 0) is 14.3 Å². The average Bonchev–Trinajstić information content (AvgIpc) is 3.10. The van der Waals surface area contributed by atoms with E-state index in [2.05, 4.69) is 5.32 Å². The van der Waals surface area contributed by atoms with Crippen LogP contribution >= 0.6 is 11.8 Å². The molecule has 130 valence electrons. The van der Waals surface area contributed by atoms with E-state index in [4.69, 9.17) is 4.74 Å². The first kappa shape index (κ1) is 18.5. The fourth-order valence-electron chi connectivity index (χ4n) is 2.69. The van der Waals surface area contributed by atoms with Crippen LogP contribution in [0.2, 0.25) is 0 Å². The van der Waals surface area contributed by atoms with Crippen molar-refractivity contribution in [1.29, 1.82) is 0 Å². The lowest BCUT2D eigenvalue weighted by molar-refractivity contribution is -0.148. The Morgan fingerprint density at radius 1 is 1.12 bits per heavy atom. The molecule has 1 aliphatic carbocycles. The van der Waals surface area contributed by atoms with E-state index in [0.717, 1.165) is 30.6 Å². The number of ketones is 1. The van der Waals surface area contributed by atoms with Crippen LogP contribution in [0, 0.1) is 0 Å². The molecule has 1 aromatic rings. The molecule has 1 aliphatic rings. The number of rotatable bonds is 8. The Morgan fingerprint density at radius 3 is 2.42 bits per heavy atom. The molecule has 5 nitrogen and oxygen atoms in total. The van der Waals surface area contributed by atoms with Gasteiger partial charge >= 0.3 is 5.97 Å². The SMILES string of the molecule is CSc1ccc(C(=O)CCC(=O)OCC(=O)NC2CCCC2)cc1. The fourth-order valence-corrected chi connectivity index (χ4v) is 3.10. The molecule has 0 bridgehead atoms. The van der Waals surface area contributed by atoms with E-state index in [9.17, 15) is 14.4 Å². The van der Waals surface area contributed by atoms with Crippen LogP contribution in [0.5, 0.6) is 0 Å². The fraction of sp³-hybridized carbons (Fsp3) is 0.500. The summed E-state index contributed by atoms with van der Waals surface area (Å²) < 4.78 is 4.93. The van der Waals surface area contributed by atoms with Gasteiger partial charge in [-0.25, -0.2) is 0 Å². The minimum absolute atomic E-state index is 0.0141. The first-order valence-electron chi connectivity index (χ1n) is 8.20. The minimum atomic E-state index is -0.523. The number of Topliss-reactive ketones (excluding diaryl/α,β-unsaturated/α-hetero) is 1. The predicted molar refractivity (Wildman–Crippen MR) is 93.1 cm³/mol. The summed E-state index contributed by atoms with van der Waals surface area (Å²) in [6.07, 6.45) is 6.28. The maximum Gasteiger partial charge on any atom is 0.306 e. The third-order valence-electron chi connectivity index (χ3n) is 4.05. The topological polar surface area (TPSA) is 72.5 Å². The van der Waals surface area contributed by atoms with Crippen molar-refractivity contribution in [3.8, 4) is 0 Å². The molecule has 0 atom stereocenters. The molecule has 6 heteroatoms. The first-order chi connectivity index (χ1) is 11.6. The lowest BCUT2D eigenvalue weighted by Gasteiger charge is -2.11. The molecule has 1 amide bonds. The van der Waals surface area contributed by atoms with Gasteiger partial charge < -0.3 is 10.1 Å². The molecule has 2 rings (SSSR count). The smallest absolute Gasteiger partial charge is 0.306 e. The van der Waals surface area contributed by atoms with Crippen LogP contribution in [0.25, 0.3) is 0 Å². The Hall–Kier alpha value is -1.82. The van der Waals surface area contributed by atoms with Gasteiger partial charge in [-0.2, -0.15) is 0 Å². The number of hydrogen-bond acceptors (Lipinski definition) is 5. The number of nitrogens with one attached hydrogen (secondary N) is 1. The van der Waals surface area contributed by atoms with E-state index < -0.39 is 5.97 Å². The summed E-state index contributed by atoms with van der Waals surface area (Å²) in [5, 5.41) is 2.85. The second-order valence-corrected chi connectivity index (χ2v) is 6.74. The second-order valence-electron chi connectivity index (χ2n) is 5.86. The van der Waals surface area contributed by atoms with Crippen molar-refractivity contribution in [3.63, 3.8) is 0 Å². The number of esters is 1. The molecule has 0 radical (unpaired) electrons. The molecular weight excluding hydrogens is 326 g/mol. The molecule has 1 N–H and O–H groups in total. The van der Waals surface area contributed by atoms with E-state index in [0.29, 0.717) is 5.56 Å². The number of carbonyl (C=O) groups excluding carboxylic acids is 3. The first-order valence-corrected chi connectivity index (χ1v) is 9.43. The number of thioether (sulfide) groups is 1. The molecule has 0 saturated heterocycles. The number of amides is 1. The molecule has 0 spiro atoms. The van der Waals surface area contributed by atoms with Gasteiger partial charge in [0.25, 0.3) is 5.91 Å². The Labute approximate surface area is 146 Å². The third-order valence-corrected chi connectivity index (χ3v) is 4.80. The van der Waals surface area contributed by atoms with Crippen LogP contribution in [0.15, 0.2) is 29.2 Å². The number of benzene rings is 1. The van der Waals surface area contributed by atoms with E-state index in [-0.39, 0.29) is 37.2 Å². The van der Waals surface area contributed by atoms with Crippen molar-refractivity contribution in [3.05, 3.63) is 29.8 Å². The zero-order valence-electron chi connectivity index (χ0n) is 13.9. The Balaban J connectivity index is 1.66. The maximum absolute atomic E-state index is 12.0. The Kier molecular flexibility index (Phi) is 7.31. The van der Waals surface area contributed by atoms with E-state index in [1.54, 1.807) is 23.9 Å². The van der Waals surface area contributed by atoms with Crippen molar-refractivity contribution < 1.29 is 19.1 Å². The second kappa shape index (κ2) is 9.47. The van der Waals surface area contributed by atoms with Gasteiger partial charge in [0.15, 0.2) is 12.4 Å². The molecule has 0 unspecified atom stereocenters. The Bertz CT molecular complexity index is 579. The van der Waals surface area contributed by atoms with Gasteiger partial charge in [0, 0.05) is 22.9 Å². The average molecular weight is 349 g/mol. The highest BCUT2D eigenvalue weighted by Gasteiger charge is 2.18. The van der Waals surface area contributed by atoms with Crippen LogP contribution in [0.1, 0.15) is 48.9 Å². The molecule has 1 saturated carbocycles. The largest absolute Gasteiger partial charge is 0.456 e. The molecule has 0 heterocycles. The van der Waals surface area contributed by atoms with E-state index in [1.807, 2.05) is 18.4 Å². The quantitative estimate of drug-likeness (QED) is 0.444. The summed E-state index contributed by atoms with van der Waals surface area (Å²) in [6, 6.07) is 7.48. The van der Waals surface area contributed by atoms with Gasteiger partial charge in [0.1, 0.15) is 0 Å². The highest BCUT2D eigenvalue weighted by molar-refractivity contribution is 7.98. The van der Waals surface area contributed by atoms with Crippen molar-refractivity contribution in [1.82, 2.24) is 5.32 Å². The standard InChI is InChI=1S/C18H23NO4S/c1-24-15-8-6-13(7-9-15)16(20)10-11-18(22)23-12-17(21)19-14-4-2-3-5-14/h6-9,14H,2-5,10-12H2,1H3,(H,19,21). The van der Waals surface area contributed by atoms with Gasteiger partial charge in [-0.1, -0.05) is 25.0 Å². The predicted octanol–water partition coefficient (Wildman–Crippen LogP) is 2.97. The normalized spacial score (nSPS) is 14.4. The highest BCUT2D eigenvalue weighted by Crippen LogP contribution is 2.17. The number of hydrogen-bond donors (Lipinski definition) is 1. The lowest BCUT2D eigenvalue weighted by atomic mass is 10.1. The summed E-state index contributed by atoms with van der Waals surface area (Å²) in [6.45, 7) is -0.272. The highest BCUT2D eigenvalue weighted by atomic mass is 32.2. The zero-order valence-corrected chi connectivity index (χ0v) is 14.7. The molecule has 24 heavy (non-hydrogen) atoms. The molecule has 1 fully saturated rings. The van der Waals surface area contributed by atoms with Crippen molar-refractivity contribution in [2.45, 2.75) is 49.5 Å². The van der Waals surface area contributed by atoms with Crippen LogP contribution < -0.4 is 5.32 Å². The molecular formula is C18H23NO4S. The molecule has 0 aliphatic heterocycles. The van der Waals surface area contributed by atoms with Gasteiger partial charge in [0.05, 0.1) is 6.42 Å². The zero-order chi connectivity index (χ0) is 17.4. The summed E-state index contributed by atoms with van der Waals surface area (Å²) >= 11 is 1.60. The minimum Gasteiger partial charge on any atom is -0.456 e.